The van der Waals surface area contributed by atoms with Gasteiger partial charge < -0.3 is 10.1 Å². The number of rotatable bonds is 4. The Bertz CT molecular complexity index is 1490. The van der Waals surface area contributed by atoms with Gasteiger partial charge in [0.1, 0.15) is 16.4 Å². The van der Waals surface area contributed by atoms with Gasteiger partial charge in [-0.2, -0.15) is 9.78 Å². The Balaban J connectivity index is 1.56. The molecule has 10 heteroatoms. The average molecular weight is 481 g/mol. The summed E-state index contributed by atoms with van der Waals surface area (Å²) < 4.78 is 19.8. The first-order chi connectivity index (χ1) is 16.0. The van der Waals surface area contributed by atoms with Crippen molar-refractivity contribution in [3.8, 4) is 5.75 Å². The van der Waals surface area contributed by atoms with Crippen LogP contribution in [-0.4, -0.2) is 34.1 Å². The van der Waals surface area contributed by atoms with E-state index in [0.717, 1.165) is 5.56 Å². The van der Waals surface area contributed by atoms with Crippen molar-refractivity contribution in [3.63, 3.8) is 0 Å². The maximum absolute atomic E-state index is 13.3. The van der Waals surface area contributed by atoms with E-state index in [-0.39, 0.29) is 17.3 Å². The van der Waals surface area contributed by atoms with E-state index in [1.54, 1.807) is 37.3 Å². The highest BCUT2D eigenvalue weighted by molar-refractivity contribution is 7.99. The van der Waals surface area contributed by atoms with Crippen molar-refractivity contribution in [2.75, 3.05) is 18.2 Å². The van der Waals surface area contributed by atoms with Crippen LogP contribution in [0.5, 0.6) is 5.75 Å². The molecule has 1 amide bonds. The molecule has 166 valence electrons. The lowest BCUT2D eigenvalue weighted by molar-refractivity contribution is 0.102. The highest BCUT2D eigenvalue weighted by Crippen LogP contribution is 2.32. The number of ether oxygens (including phenoxy) is 1. The van der Waals surface area contributed by atoms with Crippen molar-refractivity contribution in [2.24, 2.45) is 5.10 Å². The summed E-state index contributed by atoms with van der Waals surface area (Å²) in [6.07, 6.45) is 0. The molecular formula is C23H17FN4O3S2. The number of aryl methyl sites for hydroxylation is 1. The summed E-state index contributed by atoms with van der Waals surface area (Å²) in [4.78, 5) is 31.8. The lowest BCUT2D eigenvalue weighted by Gasteiger charge is -2.15. The predicted molar refractivity (Wildman–Crippen MR) is 129 cm³/mol. The first kappa shape index (κ1) is 21.4. The first-order valence-corrected chi connectivity index (χ1v) is 11.7. The topological polar surface area (TPSA) is 85.6 Å². The first-order valence-electron chi connectivity index (χ1n) is 9.93. The molecule has 0 radical (unpaired) electrons. The molecule has 7 nitrogen and oxygen atoms in total. The van der Waals surface area contributed by atoms with Crippen LogP contribution in [0, 0.1) is 12.7 Å². The number of amides is 1. The monoisotopic (exact) mass is 480 g/mol. The Morgan fingerprint density at radius 1 is 1.18 bits per heavy atom. The molecule has 5 rings (SSSR count). The second kappa shape index (κ2) is 8.45. The number of carbonyl (C=O) groups excluding carboxylic acids is 1. The molecule has 0 saturated carbocycles. The molecule has 1 N–H and O–H groups in total. The van der Waals surface area contributed by atoms with Crippen LogP contribution in [-0.2, 0) is 0 Å². The van der Waals surface area contributed by atoms with E-state index >= 15 is 0 Å². The fraction of sp³-hybridized carbons (Fsp3) is 0.130. The van der Waals surface area contributed by atoms with E-state index < -0.39 is 0 Å². The van der Waals surface area contributed by atoms with Crippen LogP contribution < -0.4 is 15.6 Å². The van der Waals surface area contributed by atoms with E-state index in [9.17, 15) is 14.0 Å². The zero-order valence-corrected chi connectivity index (χ0v) is 19.2. The summed E-state index contributed by atoms with van der Waals surface area (Å²) in [5.41, 5.74) is 2.13. The number of thioether (sulfide) groups is 1. The van der Waals surface area contributed by atoms with Gasteiger partial charge in [0.2, 0.25) is 0 Å². The number of nitrogens with one attached hydrogen (secondary N) is 1. The zero-order valence-electron chi connectivity index (χ0n) is 17.6. The lowest BCUT2D eigenvalue weighted by atomic mass is 10.1. The molecule has 2 aromatic carbocycles. The third kappa shape index (κ3) is 3.81. The number of thiophene rings is 1. The third-order valence-electron chi connectivity index (χ3n) is 5.21. The largest absolute Gasteiger partial charge is 0.495 e. The van der Waals surface area contributed by atoms with Crippen molar-refractivity contribution >= 4 is 50.6 Å². The van der Waals surface area contributed by atoms with Crippen LogP contribution in [0.4, 0.5) is 10.1 Å². The second-order valence-corrected chi connectivity index (χ2v) is 9.19. The minimum absolute atomic E-state index is 0.336. The minimum atomic E-state index is -0.342. The van der Waals surface area contributed by atoms with Gasteiger partial charge in [-0.05, 0) is 42.3 Å². The third-order valence-corrected chi connectivity index (χ3v) is 7.34. The Hall–Kier alpha value is -3.50. The van der Waals surface area contributed by atoms with E-state index in [0.29, 0.717) is 48.7 Å². The standard InChI is InChI=1S/C23H17FN4O3S2/c1-12-18-21(33-19(12)20(29)25-15-5-3-4-6-17(15)31-2)26-23-28(22(18)30)27-16(11-32-23)13-7-9-14(24)10-8-13/h3-10H,11H2,1-2H3,(H,25,29). The lowest BCUT2D eigenvalue weighted by Crippen LogP contribution is -2.25. The Kier molecular flexibility index (Phi) is 5.47. The number of fused-ring (bicyclic) bond motifs is 2. The number of methoxy groups -OCH3 is 1. The van der Waals surface area contributed by atoms with Crippen molar-refractivity contribution in [1.82, 2.24) is 9.66 Å². The molecular weight excluding hydrogens is 463 g/mol. The minimum Gasteiger partial charge on any atom is -0.495 e. The SMILES string of the molecule is COc1ccccc1NC(=O)c1sc2nc3n(c(=O)c2c1C)N=C(c1ccc(F)cc1)CS3. The van der Waals surface area contributed by atoms with Crippen molar-refractivity contribution in [1.29, 1.82) is 0 Å². The van der Waals surface area contributed by atoms with E-state index in [1.807, 2.05) is 6.07 Å². The van der Waals surface area contributed by atoms with E-state index in [1.165, 1.54) is 47.0 Å². The molecule has 0 aliphatic carbocycles. The normalized spacial score (nSPS) is 12.9. The molecule has 2 aromatic heterocycles. The van der Waals surface area contributed by atoms with Crippen LogP contribution >= 0.6 is 23.1 Å². The molecule has 0 saturated heterocycles. The van der Waals surface area contributed by atoms with Gasteiger partial charge >= 0.3 is 0 Å². The highest BCUT2D eigenvalue weighted by atomic mass is 32.2. The summed E-state index contributed by atoms with van der Waals surface area (Å²) in [6, 6.07) is 13.1. The number of para-hydroxylation sites is 2. The van der Waals surface area contributed by atoms with Gasteiger partial charge in [-0.15, -0.1) is 11.3 Å². The van der Waals surface area contributed by atoms with Gasteiger partial charge in [-0.3, -0.25) is 9.59 Å². The van der Waals surface area contributed by atoms with E-state index in [4.69, 9.17) is 4.74 Å². The molecule has 0 unspecified atom stereocenters. The molecule has 0 fully saturated rings. The number of nitrogens with zero attached hydrogens (tertiary/aromatic N) is 3. The molecule has 1 aliphatic rings. The van der Waals surface area contributed by atoms with Gasteiger partial charge in [-0.1, -0.05) is 36.0 Å². The van der Waals surface area contributed by atoms with Crippen LogP contribution in [0.25, 0.3) is 10.2 Å². The van der Waals surface area contributed by atoms with Crippen molar-refractivity contribution in [3.05, 3.63) is 80.7 Å². The van der Waals surface area contributed by atoms with Gasteiger partial charge in [0.05, 0.1) is 28.8 Å². The number of benzene rings is 2. The molecule has 0 bridgehead atoms. The number of hydrogen-bond donors (Lipinski definition) is 1. The fourth-order valence-electron chi connectivity index (χ4n) is 3.55. The second-order valence-electron chi connectivity index (χ2n) is 7.24. The maximum atomic E-state index is 13.3. The number of carbonyl (C=O) groups is 1. The highest BCUT2D eigenvalue weighted by Gasteiger charge is 2.24. The summed E-state index contributed by atoms with van der Waals surface area (Å²) in [6.45, 7) is 1.73. The van der Waals surface area contributed by atoms with Gasteiger partial charge in [-0.25, -0.2) is 9.37 Å². The number of hydrogen-bond acceptors (Lipinski definition) is 7. The number of halogens is 1. The molecule has 1 aliphatic heterocycles. The smallest absolute Gasteiger partial charge is 0.283 e. The number of aromatic nitrogens is 2. The molecule has 33 heavy (non-hydrogen) atoms. The van der Waals surface area contributed by atoms with E-state index in [2.05, 4.69) is 15.4 Å². The fourth-order valence-corrected chi connectivity index (χ4v) is 5.56. The van der Waals surface area contributed by atoms with Gasteiger partial charge in [0.25, 0.3) is 11.5 Å². The van der Waals surface area contributed by atoms with Crippen molar-refractivity contribution in [2.45, 2.75) is 12.1 Å². The Morgan fingerprint density at radius 2 is 1.94 bits per heavy atom. The Labute approximate surface area is 195 Å². The zero-order chi connectivity index (χ0) is 23.1. The summed E-state index contributed by atoms with van der Waals surface area (Å²) in [5.74, 6) is 0.356. The van der Waals surface area contributed by atoms with Crippen LogP contribution in [0.1, 0.15) is 20.8 Å². The Morgan fingerprint density at radius 3 is 2.70 bits per heavy atom. The molecule has 0 atom stereocenters. The molecule has 3 heterocycles. The average Bonchev–Trinajstić information content (AvgIpc) is 3.16. The maximum Gasteiger partial charge on any atom is 0.283 e. The quantitative estimate of drug-likeness (QED) is 0.434. The summed E-state index contributed by atoms with van der Waals surface area (Å²) >= 11 is 2.54. The molecule has 0 spiro atoms. The van der Waals surface area contributed by atoms with Crippen LogP contribution in [0.15, 0.2) is 63.6 Å². The van der Waals surface area contributed by atoms with Crippen molar-refractivity contribution < 1.29 is 13.9 Å². The summed E-state index contributed by atoms with van der Waals surface area (Å²) in [5, 5.41) is 8.15. The summed E-state index contributed by atoms with van der Waals surface area (Å²) in [7, 11) is 1.53. The molecule has 4 aromatic rings. The van der Waals surface area contributed by atoms with Gasteiger partial charge in [0.15, 0.2) is 5.16 Å². The van der Waals surface area contributed by atoms with Crippen LogP contribution in [0.2, 0.25) is 0 Å². The van der Waals surface area contributed by atoms with Crippen LogP contribution in [0.3, 0.4) is 0 Å². The number of anilines is 1. The van der Waals surface area contributed by atoms with Gasteiger partial charge in [0, 0.05) is 5.75 Å². The predicted octanol–water partition coefficient (Wildman–Crippen LogP) is 4.52.